The fourth-order valence-corrected chi connectivity index (χ4v) is 2.23. The van der Waals surface area contributed by atoms with Crippen molar-refractivity contribution in [3.8, 4) is 0 Å². The quantitative estimate of drug-likeness (QED) is 0.705. The molecule has 0 aliphatic carbocycles. The van der Waals surface area contributed by atoms with Crippen LogP contribution in [0, 0.1) is 0 Å². The first-order valence-electron chi connectivity index (χ1n) is 4.52. The molecule has 0 aromatic carbocycles. The standard InChI is InChI=1S/C7H12F3O4P/c8-7(9,10)6-14-15(11)12-4-2-1-3-5-13-15/h1-6H2. The Labute approximate surface area is 85.3 Å². The van der Waals surface area contributed by atoms with E-state index in [1.807, 2.05) is 0 Å². The van der Waals surface area contributed by atoms with E-state index in [9.17, 15) is 17.7 Å². The molecule has 8 heteroatoms. The van der Waals surface area contributed by atoms with Crippen LogP contribution in [0.2, 0.25) is 0 Å². The maximum Gasteiger partial charge on any atom is 0.475 e. The number of phosphoric ester groups is 1. The summed E-state index contributed by atoms with van der Waals surface area (Å²) in [6, 6.07) is 0. The topological polar surface area (TPSA) is 44.8 Å². The zero-order chi connectivity index (χ0) is 11.4. The Kier molecular flexibility index (Phi) is 4.58. The van der Waals surface area contributed by atoms with Crippen LogP contribution in [0.3, 0.4) is 0 Å². The van der Waals surface area contributed by atoms with Gasteiger partial charge in [-0.1, -0.05) is 0 Å². The molecule has 1 aliphatic rings. The molecule has 0 unspecified atom stereocenters. The van der Waals surface area contributed by atoms with Crippen molar-refractivity contribution < 1.29 is 31.3 Å². The lowest BCUT2D eigenvalue weighted by molar-refractivity contribution is -0.158. The van der Waals surface area contributed by atoms with E-state index in [1.165, 1.54) is 0 Å². The van der Waals surface area contributed by atoms with E-state index in [1.54, 1.807) is 0 Å². The van der Waals surface area contributed by atoms with Crippen LogP contribution in [0.15, 0.2) is 0 Å². The molecule has 0 bridgehead atoms. The second kappa shape index (κ2) is 5.30. The van der Waals surface area contributed by atoms with Crippen LogP contribution in [0.1, 0.15) is 19.3 Å². The summed E-state index contributed by atoms with van der Waals surface area (Å²) < 4.78 is 60.4. The van der Waals surface area contributed by atoms with Crippen LogP contribution in [-0.2, 0) is 18.1 Å². The van der Waals surface area contributed by atoms with Gasteiger partial charge in [0.15, 0.2) is 6.61 Å². The zero-order valence-corrected chi connectivity index (χ0v) is 8.85. The highest BCUT2D eigenvalue weighted by atomic mass is 31.2. The minimum Gasteiger partial charge on any atom is -0.287 e. The summed E-state index contributed by atoms with van der Waals surface area (Å²) in [6.45, 7) is -1.44. The third kappa shape index (κ3) is 5.51. The normalized spacial score (nSPS) is 23.1. The predicted octanol–water partition coefficient (Wildman–Crippen LogP) is 2.89. The SMILES string of the molecule is O=P1(OCC(F)(F)F)OCCCCCO1. The number of hydrogen-bond acceptors (Lipinski definition) is 4. The second-order valence-electron chi connectivity index (χ2n) is 3.06. The van der Waals surface area contributed by atoms with Gasteiger partial charge in [0.2, 0.25) is 0 Å². The molecule has 1 aliphatic heterocycles. The molecule has 1 saturated heterocycles. The summed E-state index contributed by atoms with van der Waals surface area (Å²) in [6.07, 6.45) is -2.42. The van der Waals surface area contributed by atoms with Gasteiger partial charge in [0, 0.05) is 0 Å². The number of hydrogen-bond donors (Lipinski definition) is 0. The van der Waals surface area contributed by atoms with Crippen molar-refractivity contribution in [2.45, 2.75) is 25.4 Å². The molecule has 0 aromatic heterocycles. The van der Waals surface area contributed by atoms with Crippen molar-refractivity contribution in [1.29, 1.82) is 0 Å². The lowest BCUT2D eigenvalue weighted by Crippen LogP contribution is -2.18. The Morgan fingerprint density at radius 1 is 1.13 bits per heavy atom. The third-order valence-corrected chi connectivity index (χ3v) is 3.12. The van der Waals surface area contributed by atoms with Crippen LogP contribution >= 0.6 is 7.82 Å². The number of phosphoric acid groups is 1. The summed E-state index contributed by atoms with van der Waals surface area (Å²) in [5.41, 5.74) is 0. The maximum atomic E-state index is 11.8. The molecule has 1 rings (SSSR count). The van der Waals surface area contributed by atoms with Gasteiger partial charge in [-0.25, -0.2) is 4.57 Å². The minimum absolute atomic E-state index is 0.0924. The van der Waals surface area contributed by atoms with Gasteiger partial charge in [-0.05, 0) is 19.3 Å². The van der Waals surface area contributed by atoms with Gasteiger partial charge in [-0.15, -0.1) is 0 Å². The van der Waals surface area contributed by atoms with Crippen LogP contribution in [0.5, 0.6) is 0 Å². The number of alkyl halides is 3. The average molecular weight is 248 g/mol. The predicted molar refractivity (Wildman–Crippen MR) is 45.4 cm³/mol. The lowest BCUT2D eigenvalue weighted by Gasteiger charge is -2.20. The van der Waals surface area contributed by atoms with E-state index in [0.29, 0.717) is 12.8 Å². The molecule has 0 aromatic rings. The molecule has 0 N–H and O–H groups in total. The molecule has 0 spiro atoms. The Bertz CT molecular complexity index is 231. The van der Waals surface area contributed by atoms with E-state index < -0.39 is 20.6 Å². The van der Waals surface area contributed by atoms with E-state index in [-0.39, 0.29) is 13.2 Å². The van der Waals surface area contributed by atoms with Gasteiger partial charge in [-0.3, -0.25) is 13.6 Å². The molecule has 4 nitrogen and oxygen atoms in total. The third-order valence-electron chi connectivity index (χ3n) is 1.67. The molecule has 1 heterocycles. The smallest absolute Gasteiger partial charge is 0.287 e. The molecule has 1 fully saturated rings. The van der Waals surface area contributed by atoms with Crippen LogP contribution in [0.25, 0.3) is 0 Å². The second-order valence-corrected chi connectivity index (χ2v) is 4.73. The van der Waals surface area contributed by atoms with Crippen molar-refractivity contribution in [3.63, 3.8) is 0 Å². The summed E-state index contributed by atoms with van der Waals surface area (Å²) in [7, 11) is -4.00. The maximum absolute atomic E-state index is 11.8. The highest BCUT2D eigenvalue weighted by molar-refractivity contribution is 7.48. The minimum atomic E-state index is -4.54. The Morgan fingerprint density at radius 2 is 1.67 bits per heavy atom. The molecular formula is C7H12F3O4P. The summed E-state index contributed by atoms with van der Waals surface area (Å²) in [4.78, 5) is 0. The zero-order valence-electron chi connectivity index (χ0n) is 7.96. The highest BCUT2D eigenvalue weighted by Gasteiger charge is 2.36. The first kappa shape index (κ1) is 13.0. The summed E-state index contributed by atoms with van der Waals surface area (Å²) in [5.74, 6) is 0. The van der Waals surface area contributed by atoms with Gasteiger partial charge in [-0.2, -0.15) is 13.2 Å². The van der Waals surface area contributed by atoms with Crippen LogP contribution in [0.4, 0.5) is 13.2 Å². The Morgan fingerprint density at radius 3 is 2.13 bits per heavy atom. The highest BCUT2D eigenvalue weighted by Crippen LogP contribution is 2.51. The van der Waals surface area contributed by atoms with E-state index in [2.05, 4.69) is 13.6 Å². The van der Waals surface area contributed by atoms with Crippen molar-refractivity contribution in [1.82, 2.24) is 0 Å². The van der Waals surface area contributed by atoms with Crippen LogP contribution in [-0.4, -0.2) is 26.0 Å². The summed E-state index contributed by atoms with van der Waals surface area (Å²) in [5, 5.41) is 0. The molecule has 0 saturated carbocycles. The van der Waals surface area contributed by atoms with Crippen molar-refractivity contribution >= 4 is 7.82 Å². The van der Waals surface area contributed by atoms with Crippen molar-refractivity contribution in [3.05, 3.63) is 0 Å². The average Bonchev–Trinajstić information content (AvgIpc) is 2.08. The van der Waals surface area contributed by atoms with E-state index in [4.69, 9.17) is 0 Å². The first-order chi connectivity index (χ1) is 6.91. The van der Waals surface area contributed by atoms with Gasteiger partial charge in [0.25, 0.3) is 0 Å². The van der Waals surface area contributed by atoms with E-state index >= 15 is 0 Å². The summed E-state index contributed by atoms with van der Waals surface area (Å²) >= 11 is 0. The van der Waals surface area contributed by atoms with Gasteiger partial charge in [0.05, 0.1) is 13.2 Å². The molecule has 0 amide bonds. The molecule has 90 valence electrons. The number of halogens is 3. The monoisotopic (exact) mass is 248 g/mol. The largest absolute Gasteiger partial charge is 0.475 e. The van der Waals surface area contributed by atoms with E-state index in [0.717, 1.165) is 6.42 Å². The Hall–Kier alpha value is -0.100. The first-order valence-corrected chi connectivity index (χ1v) is 5.98. The molecule has 15 heavy (non-hydrogen) atoms. The molecule has 0 atom stereocenters. The fraction of sp³-hybridized carbons (Fsp3) is 1.00. The lowest BCUT2D eigenvalue weighted by atomic mass is 10.2. The van der Waals surface area contributed by atoms with Gasteiger partial charge >= 0.3 is 14.0 Å². The van der Waals surface area contributed by atoms with Crippen LogP contribution < -0.4 is 0 Å². The fourth-order valence-electron chi connectivity index (χ4n) is 0.998. The van der Waals surface area contributed by atoms with Crippen molar-refractivity contribution in [2.24, 2.45) is 0 Å². The number of rotatable bonds is 2. The van der Waals surface area contributed by atoms with Gasteiger partial charge in [0.1, 0.15) is 0 Å². The van der Waals surface area contributed by atoms with Crippen molar-refractivity contribution in [2.75, 3.05) is 19.8 Å². The Balaban J connectivity index is 2.44. The van der Waals surface area contributed by atoms with Gasteiger partial charge < -0.3 is 0 Å². The molecule has 0 radical (unpaired) electrons. The molecular weight excluding hydrogens is 236 g/mol.